The van der Waals surface area contributed by atoms with Gasteiger partial charge in [-0.1, -0.05) is 0 Å². The first kappa shape index (κ1) is 15.8. The monoisotopic (exact) mass is 285 g/mol. The zero-order chi connectivity index (χ0) is 14.5. The molecule has 1 rings (SSSR count). The molecule has 0 atom stereocenters. The third kappa shape index (κ3) is 5.08. The van der Waals surface area contributed by atoms with Gasteiger partial charge in [-0.05, 0) is 52.0 Å². The third-order valence-electron chi connectivity index (χ3n) is 2.64. The molecule has 0 saturated heterocycles. The van der Waals surface area contributed by atoms with Crippen molar-refractivity contribution in [2.24, 2.45) is 0 Å². The van der Waals surface area contributed by atoms with Gasteiger partial charge in [0.25, 0.3) is 10.2 Å². The van der Waals surface area contributed by atoms with Crippen LogP contribution in [0.1, 0.15) is 27.7 Å². The molecule has 5 nitrogen and oxygen atoms in total. The minimum Gasteiger partial charge on any atom is -0.372 e. The van der Waals surface area contributed by atoms with E-state index in [2.05, 4.69) is 28.2 Å². The van der Waals surface area contributed by atoms with Gasteiger partial charge in [0.05, 0.1) is 0 Å². The summed E-state index contributed by atoms with van der Waals surface area (Å²) in [5.74, 6) is 0. The van der Waals surface area contributed by atoms with Crippen LogP contribution >= 0.6 is 0 Å². The number of nitrogens with zero attached hydrogens (tertiary/aromatic N) is 1. The molecule has 0 heterocycles. The molecule has 0 aromatic heterocycles. The molecule has 0 unspecified atom stereocenters. The molecule has 108 valence electrons. The number of rotatable bonds is 7. The highest BCUT2D eigenvalue weighted by molar-refractivity contribution is 7.90. The van der Waals surface area contributed by atoms with E-state index in [1.54, 1.807) is 26.0 Å². The van der Waals surface area contributed by atoms with E-state index in [1.165, 1.54) is 0 Å². The first-order chi connectivity index (χ1) is 8.88. The fraction of sp³-hybridized carbons (Fsp3) is 0.538. The van der Waals surface area contributed by atoms with Gasteiger partial charge in [-0.25, -0.2) is 0 Å². The Morgan fingerprint density at radius 1 is 1.11 bits per heavy atom. The van der Waals surface area contributed by atoms with E-state index in [4.69, 9.17) is 0 Å². The molecule has 6 heteroatoms. The van der Waals surface area contributed by atoms with Crippen LogP contribution in [-0.4, -0.2) is 27.5 Å². The Balaban J connectivity index is 2.77. The minimum absolute atomic E-state index is 0.132. The van der Waals surface area contributed by atoms with Crippen LogP contribution in [0.4, 0.5) is 11.4 Å². The van der Waals surface area contributed by atoms with Crippen LogP contribution in [0.3, 0.4) is 0 Å². The van der Waals surface area contributed by atoms with Crippen LogP contribution in [-0.2, 0) is 10.2 Å². The van der Waals surface area contributed by atoms with Gasteiger partial charge in [0, 0.05) is 30.5 Å². The van der Waals surface area contributed by atoms with Gasteiger partial charge in [-0.3, -0.25) is 4.72 Å². The lowest BCUT2D eigenvalue weighted by Crippen LogP contribution is -2.35. The molecule has 0 aliphatic carbocycles. The molecular weight excluding hydrogens is 262 g/mol. The quantitative estimate of drug-likeness (QED) is 0.807. The molecule has 0 bridgehead atoms. The van der Waals surface area contributed by atoms with Crippen LogP contribution in [0.5, 0.6) is 0 Å². The number of hydrogen-bond donors (Lipinski definition) is 2. The molecule has 2 N–H and O–H groups in total. The van der Waals surface area contributed by atoms with Crippen LogP contribution in [0.2, 0.25) is 0 Å². The van der Waals surface area contributed by atoms with E-state index in [0.29, 0.717) is 5.69 Å². The normalized spacial score (nSPS) is 11.6. The summed E-state index contributed by atoms with van der Waals surface area (Å²) in [5.41, 5.74) is 1.65. The highest BCUT2D eigenvalue weighted by Gasteiger charge is 2.11. The fourth-order valence-electron chi connectivity index (χ4n) is 1.82. The van der Waals surface area contributed by atoms with Crippen molar-refractivity contribution in [3.8, 4) is 0 Å². The summed E-state index contributed by atoms with van der Waals surface area (Å²) < 4.78 is 28.4. The van der Waals surface area contributed by atoms with Gasteiger partial charge < -0.3 is 4.90 Å². The molecular formula is C13H23N3O2S. The molecule has 0 radical (unpaired) electrons. The van der Waals surface area contributed by atoms with Crippen molar-refractivity contribution in [2.75, 3.05) is 22.7 Å². The van der Waals surface area contributed by atoms with Gasteiger partial charge in [-0.2, -0.15) is 13.1 Å². The standard InChI is InChI=1S/C13H23N3O2S/c1-5-16(6-2)13-9-7-12(8-10-13)15-19(17,18)14-11(3)4/h7-11,14-15H,5-6H2,1-4H3. The first-order valence-corrected chi connectivity index (χ1v) is 8.01. The zero-order valence-electron chi connectivity index (χ0n) is 12.0. The van der Waals surface area contributed by atoms with E-state index >= 15 is 0 Å². The molecule has 0 fully saturated rings. The predicted octanol–water partition coefficient (Wildman–Crippen LogP) is 2.19. The number of benzene rings is 1. The Hall–Kier alpha value is -1.27. The van der Waals surface area contributed by atoms with Gasteiger partial charge >= 0.3 is 0 Å². The smallest absolute Gasteiger partial charge is 0.299 e. The molecule has 0 aliphatic heterocycles. The van der Waals surface area contributed by atoms with Gasteiger partial charge in [0.1, 0.15) is 0 Å². The number of nitrogens with one attached hydrogen (secondary N) is 2. The molecule has 0 amide bonds. The summed E-state index contributed by atoms with van der Waals surface area (Å²) in [6, 6.07) is 7.24. The molecule has 0 aliphatic rings. The van der Waals surface area contributed by atoms with Crippen molar-refractivity contribution in [2.45, 2.75) is 33.7 Å². The molecule has 19 heavy (non-hydrogen) atoms. The number of hydrogen-bond acceptors (Lipinski definition) is 3. The summed E-state index contributed by atoms with van der Waals surface area (Å²) >= 11 is 0. The van der Waals surface area contributed by atoms with Crippen LogP contribution in [0.25, 0.3) is 0 Å². The highest BCUT2D eigenvalue weighted by Crippen LogP contribution is 2.18. The average molecular weight is 285 g/mol. The summed E-state index contributed by atoms with van der Waals surface area (Å²) in [4.78, 5) is 2.20. The average Bonchev–Trinajstić information content (AvgIpc) is 2.30. The Morgan fingerprint density at radius 2 is 1.63 bits per heavy atom. The molecule has 1 aromatic rings. The maximum Gasteiger partial charge on any atom is 0.299 e. The van der Waals surface area contributed by atoms with Crippen LogP contribution < -0.4 is 14.3 Å². The van der Waals surface area contributed by atoms with Crippen molar-refractivity contribution in [1.29, 1.82) is 0 Å². The minimum atomic E-state index is -3.49. The van der Waals surface area contributed by atoms with Crippen molar-refractivity contribution in [1.82, 2.24) is 4.72 Å². The summed E-state index contributed by atoms with van der Waals surface area (Å²) in [6.45, 7) is 9.59. The van der Waals surface area contributed by atoms with E-state index in [-0.39, 0.29) is 6.04 Å². The van der Waals surface area contributed by atoms with Crippen molar-refractivity contribution in [3.63, 3.8) is 0 Å². The van der Waals surface area contributed by atoms with Crippen molar-refractivity contribution >= 4 is 21.6 Å². The van der Waals surface area contributed by atoms with Crippen LogP contribution in [0.15, 0.2) is 24.3 Å². The fourth-order valence-corrected chi connectivity index (χ4v) is 2.95. The van der Waals surface area contributed by atoms with E-state index in [1.807, 2.05) is 12.1 Å². The van der Waals surface area contributed by atoms with Gasteiger partial charge in [0.2, 0.25) is 0 Å². The molecule has 0 saturated carbocycles. The second-order valence-corrected chi connectivity index (χ2v) is 6.04. The largest absolute Gasteiger partial charge is 0.372 e. The Morgan fingerprint density at radius 3 is 2.05 bits per heavy atom. The zero-order valence-corrected chi connectivity index (χ0v) is 12.8. The lowest BCUT2D eigenvalue weighted by atomic mass is 10.2. The maximum atomic E-state index is 11.7. The van der Waals surface area contributed by atoms with E-state index in [9.17, 15) is 8.42 Å². The summed E-state index contributed by atoms with van der Waals surface area (Å²) in [5, 5.41) is 0. The molecule has 0 spiro atoms. The van der Waals surface area contributed by atoms with Crippen LogP contribution in [0, 0.1) is 0 Å². The van der Waals surface area contributed by atoms with E-state index in [0.717, 1.165) is 18.8 Å². The van der Waals surface area contributed by atoms with Crippen molar-refractivity contribution < 1.29 is 8.42 Å². The summed E-state index contributed by atoms with van der Waals surface area (Å²) in [6.07, 6.45) is 0. The SMILES string of the molecule is CCN(CC)c1ccc(NS(=O)(=O)NC(C)C)cc1. The second kappa shape index (κ2) is 6.77. The molecule has 1 aromatic carbocycles. The highest BCUT2D eigenvalue weighted by atomic mass is 32.2. The topological polar surface area (TPSA) is 61.4 Å². The lowest BCUT2D eigenvalue weighted by molar-refractivity contribution is 0.575. The van der Waals surface area contributed by atoms with Gasteiger partial charge in [-0.15, -0.1) is 0 Å². The van der Waals surface area contributed by atoms with Gasteiger partial charge in [0.15, 0.2) is 0 Å². The Kier molecular flexibility index (Phi) is 5.62. The number of anilines is 2. The Labute approximate surface area is 116 Å². The Bertz CT molecular complexity index is 479. The third-order valence-corrected chi connectivity index (χ3v) is 3.93. The second-order valence-electron chi connectivity index (χ2n) is 4.60. The lowest BCUT2D eigenvalue weighted by Gasteiger charge is -2.21. The summed E-state index contributed by atoms with van der Waals surface area (Å²) in [7, 11) is -3.49. The van der Waals surface area contributed by atoms with E-state index < -0.39 is 10.2 Å². The van der Waals surface area contributed by atoms with Crippen molar-refractivity contribution in [3.05, 3.63) is 24.3 Å². The predicted molar refractivity (Wildman–Crippen MR) is 80.8 cm³/mol. The maximum absolute atomic E-state index is 11.7. The first-order valence-electron chi connectivity index (χ1n) is 6.53.